The van der Waals surface area contributed by atoms with Crippen molar-refractivity contribution in [2.24, 2.45) is 0 Å². The van der Waals surface area contributed by atoms with E-state index in [2.05, 4.69) is 21.8 Å². The van der Waals surface area contributed by atoms with E-state index in [0.29, 0.717) is 23.5 Å². The van der Waals surface area contributed by atoms with Gasteiger partial charge in [-0.15, -0.1) is 11.3 Å². The van der Waals surface area contributed by atoms with E-state index < -0.39 is 0 Å². The van der Waals surface area contributed by atoms with Crippen molar-refractivity contribution in [1.29, 1.82) is 0 Å². The van der Waals surface area contributed by atoms with Crippen LogP contribution in [-0.4, -0.2) is 21.4 Å². The van der Waals surface area contributed by atoms with E-state index in [4.69, 9.17) is 16.0 Å². The summed E-state index contributed by atoms with van der Waals surface area (Å²) in [7, 11) is 0. The number of furan rings is 1. The minimum absolute atomic E-state index is 0.244. The van der Waals surface area contributed by atoms with Gasteiger partial charge in [0.1, 0.15) is 16.9 Å². The molecule has 4 aromatic rings. The lowest BCUT2D eigenvalue weighted by atomic mass is 10.2. The largest absolute Gasteiger partial charge is 0.449 e. The molecule has 0 saturated heterocycles. The topological polar surface area (TPSA) is 62.1 Å². The maximum Gasteiger partial charge on any atom is 0.294 e. The number of thiophene rings is 1. The molecule has 4 rings (SSSR count). The SMILES string of the molecule is CCN(Cc1nc2c(oc3ccccc32)c(=O)[nH]1)Cc1ccc(Cl)s1. The molecule has 7 heteroatoms. The molecule has 3 aromatic heterocycles. The third-order valence-corrected chi connectivity index (χ3v) is 5.32. The molecule has 128 valence electrons. The molecule has 25 heavy (non-hydrogen) atoms. The van der Waals surface area contributed by atoms with Gasteiger partial charge >= 0.3 is 0 Å². The van der Waals surface area contributed by atoms with Crippen molar-refractivity contribution < 1.29 is 4.42 Å². The molecule has 0 aliphatic rings. The quantitative estimate of drug-likeness (QED) is 0.563. The number of hydrogen-bond donors (Lipinski definition) is 1. The number of aromatic amines is 1. The molecule has 0 bridgehead atoms. The zero-order valence-electron chi connectivity index (χ0n) is 13.6. The van der Waals surface area contributed by atoms with Crippen LogP contribution in [0.2, 0.25) is 4.34 Å². The summed E-state index contributed by atoms with van der Waals surface area (Å²) in [6, 6.07) is 11.5. The first-order valence-electron chi connectivity index (χ1n) is 8.01. The summed E-state index contributed by atoms with van der Waals surface area (Å²) in [5.74, 6) is 0.633. The molecule has 0 aliphatic heterocycles. The van der Waals surface area contributed by atoms with Crippen LogP contribution >= 0.6 is 22.9 Å². The number of H-pyrrole nitrogens is 1. The molecule has 0 amide bonds. The normalized spacial score (nSPS) is 11.8. The molecule has 0 saturated carbocycles. The summed E-state index contributed by atoms with van der Waals surface area (Å²) >= 11 is 7.57. The Kier molecular flexibility index (Phi) is 4.33. The third kappa shape index (κ3) is 3.20. The number of nitrogens with one attached hydrogen (secondary N) is 1. The van der Waals surface area contributed by atoms with Gasteiger partial charge in [0.2, 0.25) is 5.58 Å². The van der Waals surface area contributed by atoms with Crippen molar-refractivity contribution in [3.63, 3.8) is 0 Å². The van der Waals surface area contributed by atoms with Gasteiger partial charge in [0.25, 0.3) is 5.56 Å². The molecule has 5 nitrogen and oxygen atoms in total. The van der Waals surface area contributed by atoms with Gasteiger partial charge in [0.05, 0.1) is 10.9 Å². The summed E-state index contributed by atoms with van der Waals surface area (Å²) in [4.78, 5) is 23.3. The second kappa shape index (κ2) is 6.63. The van der Waals surface area contributed by atoms with E-state index in [1.54, 1.807) is 11.3 Å². The Morgan fingerprint density at radius 2 is 2.08 bits per heavy atom. The molecule has 0 aliphatic carbocycles. The van der Waals surface area contributed by atoms with Crippen LogP contribution in [0.3, 0.4) is 0 Å². The molecular weight excluding hydrogens is 358 g/mol. The predicted molar refractivity (Wildman–Crippen MR) is 101 cm³/mol. The van der Waals surface area contributed by atoms with E-state index in [-0.39, 0.29) is 11.1 Å². The van der Waals surface area contributed by atoms with Crippen molar-refractivity contribution in [3.05, 3.63) is 61.8 Å². The number of halogens is 1. The molecule has 0 fully saturated rings. The van der Waals surface area contributed by atoms with Gasteiger partial charge in [-0.2, -0.15) is 0 Å². The average molecular weight is 374 g/mol. The summed E-state index contributed by atoms with van der Waals surface area (Å²) < 4.78 is 6.42. The molecule has 0 spiro atoms. The van der Waals surface area contributed by atoms with Gasteiger partial charge in [-0.25, -0.2) is 4.98 Å². The Hall–Kier alpha value is -2.15. The van der Waals surface area contributed by atoms with Crippen LogP contribution in [0.15, 0.2) is 45.6 Å². The minimum atomic E-state index is -0.244. The number of para-hydroxylation sites is 1. The van der Waals surface area contributed by atoms with Crippen LogP contribution in [-0.2, 0) is 13.1 Å². The van der Waals surface area contributed by atoms with Crippen LogP contribution in [0.4, 0.5) is 0 Å². The smallest absolute Gasteiger partial charge is 0.294 e. The maximum atomic E-state index is 12.4. The highest BCUT2D eigenvalue weighted by molar-refractivity contribution is 7.16. The predicted octanol–water partition coefficient (Wildman–Crippen LogP) is 4.41. The van der Waals surface area contributed by atoms with Crippen LogP contribution in [0.5, 0.6) is 0 Å². The van der Waals surface area contributed by atoms with Crippen LogP contribution < -0.4 is 5.56 Å². The second-order valence-corrected chi connectivity index (χ2v) is 7.60. The van der Waals surface area contributed by atoms with Crippen molar-refractivity contribution >= 4 is 45.0 Å². The Morgan fingerprint density at radius 3 is 2.84 bits per heavy atom. The number of nitrogens with zero attached hydrogens (tertiary/aromatic N) is 2. The molecule has 1 N–H and O–H groups in total. The Bertz CT molecular complexity index is 1100. The number of benzene rings is 1. The van der Waals surface area contributed by atoms with E-state index in [9.17, 15) is 4.79 Å². The lowest BCUT2D eigenvalue weighted by molar-refractivity contribution is 0.267. The van der Waals surface area contributed by atoms with Gasteiger partial charge in [-0.3, -0.25) is 9.69 Å². The lowest BCUT2D eigenvalue weighted by Gasteiger charge is -2.18. The van der Waals surface area contributed by atoms with Gasteiger partial charge in [0.15, 0.2) is 0 Å². The highest BCUT2D eigenvalue weighted by atomic mass is 35.5. The number of rotatable bonds is 5. The summed E-state index contributed by atoms with van der Waals surface area (Å²) in [5, 5.41) is 0.859. The molecule has 0 atom stereocenters. The first-order chi connectivity index (χ1) is 12.1. The summed E-state index contributed by atoms with van der Waals surface area (Å²) in [6.07, 6.45) is 0. The van der Waals surface area contributed by atoms with Gasteiger partial charge < -0.3 is 9.40 Å². The van der Waals surface area contributed by atoms with Crippen molar-refractivity contribution in [3.8, 4) is 0 Å². The van der Waals surface area contributed by atoms with Gasteiger partial charge in [0, 0.05) is 16.8 Å². The van der Waals surface area contributed by atoms with Crippen molar-refractivity contribution in [2.75, 3.05) is 6.54 Å². The van der Waals surface area contributed by atoms with Crippen LogP contribution in [0.25, 0.3) is 22.1 Å². The van der Waals surface area contributed by atoms with Crippen LogP contribution in [0, 0.1) is 0 Å². The molecular formula is C18H16ClN3O2S. The van der Waals surface area contributed by atoms with Gasteiger partial charge in [-0.05, 0) is 30.8 Å². The van der Waals surface area contributed by atoms with Crippen molar-refractivity contribution in [2.45, 2.75) is 20.0 Å². The Morgan fingerprint density at radius 1 is 1.24 bits per heavy atom. The van der Waals surface area contributed by atoms with E-state index in [1.807, 2.05) is 36.4 Å². The summed E-state index contributed by atoms with van der Waals surface area (Å²) in [6.45, 7) is 4.24. The molecule has 3 heterocycles. The Labute approximate surface area is 152 Å². The summed E-state index contributed by atoms with van der Waals surface area (Å²) in [5.41, 5.74) is 1.32. The fraction of sp³-hybridized carbons (Fsp3) is 0.222. The van der Waals surface area contributed by atoms with E-state index >= 15 is 0 Å². The standard InChI is InChI=1S/C18H16ClN3O2S/c1-2-22(9-11-7-8-14(19)25-11)10-15-20-16-12-5-3-4-6-13(12)24-17(16)18(23)21-15/h3-8H,2,9-10H2,1H3,(H,20,21,23). The van der Waals surface area contributed by atoms with Crippen LogP contribution in [0.1, 0.15) is 17.6 Å². The Balaban J connectivity index is 1.68. The first-order valence-corrected chi connectivity index (χ1v) is 9.20. The molecule has 0 radical (unpaired) electrons. The highest BCUT2D eigenvalue weighted by Crippen LogP contribution is 2.25. The fourth-order valence-electron chi connectivity index (χ4n) is 2.87. The maximum absolute atomic E-state index is 12.4. The van der Waals surface area contributed by atoms with E-state index in [1.165, 1.54) is 4.88 Å². The fourth-order valence-corrected chi connectivity index (χ4v) is 4.00. The van der Waals surface area contributed by atoms with Gasteiger partial charge in [-0.1, -0.05) is 30.7 Å². The zero-order valence-corrected chi connectivity index (χ0v) is 15.2. The monoisotopic (exact) mass is 373 g/mol. The van der Waals surface area contributed by atoms with E-state index in [0.717, 1.165) is 22.8 Å². The third-order valence-electron chi connectivity index (χ3n) is 4.11. The average Bonchev–Trinajstić information content (AvgIpc) is 3.18. The number of hydrogen-bond acceptors (Lipinski definition) is 5. The second-order valence-electron chi connectivity index (χ2n) is 5.80. The zero-order chi connectivity index (χ0) is 17.4. The molecule has 1 aromatic carbocycles. The first kappa shape index (κ1) is 16.3. The lowest BCUT2D eigenvalue weighted by Crippen LogP contribution is -2.24. The number of aromatic nitrogens is 2. The highest BCUT2D eigenvalue weighted by Gasteiger charge is 2.15. The van der Waals surface area contributed by atoms with Crippen molar-refractivity contribution in [1.82, 2.24) is 14.9 Å². The minimum Gasteiger partial charge on any atom is -0.449 e. The number of fused-ring (bicyclic) bond motifs is 3. The molecule has 0 unspecified atom stereocenters.